The van der Waals surface area contributed by atoms with Crippen molar-refractivity contribution in [2.75, 3.05) is 13.1 Å². The normalized spacial score (nSPS) is 19.7. The van der Waals surface area contributed by atoms with Crippen molar-refractivity contribution >= 4 is 11.8 Å². The minimum absolute atomic E-state index is 0.0323. The Morgan fingerprint density at radius 2 is 2.00 bits per heavy atom. The minimum Gasteiger partial charge on any atom is -0.444 e. The van der Waals surface area contributed by atoms with E-state index >= 15 is 0 Å². The molecule has 5 nitrogen and oxygen atoms in total. The zero-order chi connectivity index (χ0) is 15.5. The van der Waals surface area contributed by atoms with Crippen molar-refractivity contribution in [3.8, 4) is 0 Å². The molecule has 1 heterocycles. The Hall–Kier alpha value is -2.04. The van der Waals surface area contributed by atoms with Crippen LogP contribution in [0.1, 0.15) is 32.8 Å². The first kappa shape index (κ1) is 15.4. The minimum atomic E-state index is -0.498. The summed E-state index contributed by atoms with van der Waals surface area (Å²) in [7, 11) is 0. The largest absolute Gasteiger partial charge is 0.444 e. The molecule has 2 rings (SSSR count). The number of nitrogens with zero attached hydrogens (tertiary/aromatic N) is 2. The van der Waals surface area contributed by atoms with Crippen LogP contribution in [-0.4, -0.2) is 40.6 Å². The summed E-state index contributed by atoms with van der Waals surface area (Å²) in [6, 6.07) is 9.54. The Labute approximate surface area is 125 Å². The van der Waals surface area contributed by atoms with Crippen LogP contribution in [0.5, 0.6) is 0 Å². The molecule has 1 aromatic rings. The smallest absolute Gasteiger partial charge is 0.410 e. The van der Waals surface area contributed by atoms with Gasteiger partial charge in [0, 0.05) is 19.0 Å². The molecule has 1 saturated heterocycles. The lowest BCUT2D eigenvalue weighted by Crippen LogP contribution is -2.36. The molecule has 1 aromatic carbocycles. The fraction of sp³-hybridized carbons (Fsp3) is 0.500. The summed E-state index contributed by atoms with van der Waals surface area (Å²) in [5, 5.41) is 12.8. The maximum atomic E-state index is 12.1. The number of carbonyl (C=O) groups excluding carboxylic acids is 1. The van der Waals surface area contributed by atoms with Gasteiger partial charge in [-0.25, -0.2) is 4.79 Å². The number of hydrogen-bond acceptors (Lipinski definition) is 4. The SMILES string of the molecule is CC(C)(C)OC(=O)N1CC[C@@H](C(=NO)c2ccccc2)C1. The van der Waals surface area contributed by atoms with Crippen LogP contribution in [0.4, 0.5) is 4.79 Å². The lowest BCUT2D eigenvalue weighted by molar-refractivity contribution is 0.0292. The first-order chi connectivity index (χ1) is 9.90. The molecule has 0 aromatic heterocycles. The lowest BCUT2D eigenvalue weighted by atomic mass is 9.96. The first-order valence-electron chi connectivity index (χ1n) is 7.16. The van der Waals surface area contributed by atoms with E-state index in [0.717, 1.165) is 12.0 Å². The highest BCUT2D eigenvalue weighted by Crippen LogP contribution is 2.23. The third-order valence-electron chi connectivity index (χ3n) is 3.40. The standard InChI is InChI=1S/C16H22N2O3/c1-16(2,3)21-15(19)18-10-9-13(11-18)14(17-20)12-7-5-4-6-8-12/h4-8,13,20H,9-11H2,1-3H3/t13-/m1/s1. The number of oxime groups is 1. The maximum Gasteiger partial charge on any atom is 0.410 e. The maximum absolute atomic E-state index is 12.1. The van der Waals surface area contributed by atoms with E-state index in [2.05, 4.69) is 5.16 Å². The van der Waals surface area contributed by atoms with Crippen LogP contribution in [0.15, 0.2) is 35.5 Å². The Morgan fingerprint density at radius 1 is 1.33 bits per heavy atom. The van der Waals surface area contributed by atoms with E-state index in [-0.39, 0.29) is 12.0 Å². The summed E-state index contributed by atoms with van der Waals surface area (Å²) >= 11 is 0. The van der Waals surface area contributed by atoms with Gasteiger partial charge in [0.1, 0.15) is 5.60 Å². The number of ether oxygens (including phenoxy) is 1. The number of benzene rings is 1. The molecule has 0 saturated carbocycles. The van der Waals surface area contributed by atoms with E-state index in [4.69, 9.17) is 4.74 Å². The fourth-order valence-electron chi connectivity index (χ4n) is 2.46. The zero-order valence-corrected chi connectivity index (χ0v) is 12.7. The summed E-state index contributed by atoms with van der Waals surface area (Å²) < 4.78 is 5.37. The van der Waals surface area contributed by atoms with Crippen LogP contribution in [0.25, 0.3) is 0 Å². The van der Waals surface area contributed by atoms with Gasteiger partial charge in [0.25, 0.3) is 0 Å². The molecule has 0 unspecified atom stereocenters. The number of amides is 1. The molecule has 114 valence electrons. The van der Waals surface area contributed by atoms with E-state index in [1.165, 1.54) is 0 Å². The quantitative estimate of drug-likeness (QED) is 0.517. The third-order valence-corrected chi connectivity index (χ3v) is 3.40. The first-order valence-corrected chi connectivity index (χ1v) is 7.16. The molecular weight excluding hydrogens is 268 g/mol. The molecule has 0 spiro atoms. The van der Waals surface area contributed by atoms with Crippen molar-refractivity contribution in [2.45, 2.75) is 32.8 Å². The van der Waals surface area contributed by atoms with E-state index in [1.54, 1.807) is 4.90 Å². The molecule has 0 radical (unpaired) electrons. The van der Waals surface area contributed by atoms with Crippen molar-refractivity contribution in [3.05, 3.63) is 35.9 Å². The summed E-state index contributed by atoms with van der Waals surface area (Å²) in [6.07, 6.45) is 0.461. The van der Waals surface area contributed by atoms with Crippen LogP contribution in [0.2, 0.25) is 0 Å². The molecule has 1 atom stereocenters. The molecule has 1 N–H and O–H groups in total. The third kappa shape index (κ3) is 3.97. The topological polar surface area (TPSA) is 62.1 Å². The van der Waals surface area contributed by atoms with Gasteiger partial charge < -0.3 is 14.8 Å². The van der Waals surface area contributed by atoms with Crippen LogP contribution in [0.3, 0.4) is 0 Å². The lowest BCUT2D eigenvalue weighted by Gasteiger charge is -2.24. The number of rotatable bonds is 2. The van der Waals surface area contributed by atoms with Crippen molar-refractivity contribution < 1.29 is 14.7 Å². The van der Waals surface area contributed by atoms with Crippen molar-refractivity contribution in [3.63, 3.8) is 0 Å². The molecule has 1 amide bonds. The van der Waals surface area contributed by atoms with Crippen LogP contribution >= 0.6 is 0 Å². The van der Waals surface area contributed by atoms with Gasteiger partial charge in [0.2, 0.25) is 0 Å². The predicted octanol–water partition coefficient (Wildman–Crippen LogP) is 3.12. The molecular formula is C16H22N2O3. The average molecular weight is 290 g/mol. The zero-order valence-electron chi connectivity index (χ0n) is 12.7. The van der Waals surface area contributed by atoms with E-state index in [0.29, 0.717) is 18.8 Å². The summed E-state index contributed by atoms with van der Waals surface area (Å²) in [5.41, 5.74) is 1.01. The van der Waals surface area contributed by atoms with Crippen LogP contribution in [0, 0.1) is 5.92 Å². The molecule has 1 aliphatic rings. The van der Waals surface area contributed by atoms with Gasteiger partial charge in [0.15, 0.2) is 0 Å². The molecule has 0 aliphatic carbocycles. The second-order valence-corrected chi connectivity index (χ2v) is 6.26. The monoisotopic (exact) mass is 290 g/mol. The van der Waals surface area contributed by atoms with Gasteiger partial charge in [-0.15, -0.1) is 0 Å². The Bertz CT molecular complexity index is 520. The summed E-state index contributed by atoms with van der Waals surface area (Å²) in [4.78, 5) is 13.7. The average Bonchev–Trinajstić information content (AvgIpc) is 2.89. The summed E-state index contributed by atoms with van der Waals surface area (Å²) in [6.45, 7) is 6.68. The van der Waals surface area contributed by atoms with Crippen molar-refractivity contribution in [1.82, 2.24) is 4.90 Å². The van der Waals surface area contributed by atoms with Gasteiger partial charge in [-0.1, -0.05) is 35.5 Å². The molecule has 1 fully saturated rings. The highest BCUT2D eigenvalue weighted by Gasteiger charge is 2.33. The Balaban J connectivity index is 2.03. The Morgan fingerprint density at radius 3 is 2.57 bits per heavy atom. The van der Waals surface area contributed by atoms with Gasteiger partial charge in [0.05, 0.1) is 5.71 Å². The van der Waals surface area contributed by atoms with Crippen LogP contribution < -0.4 is 0 Å². The molecule has 21 heavy (non-hydrogen) atoms. The van der Waals surface area contributed by atoms with E-state index in [9.17, 15) is 10.0 Å². The van der Waals surface area contributed by atoms with Crippen LogP contribution in [-0.2, 0) is 4.74 Å². The number of carbonyl (C=O) groups is 1. The van der Waals surface area contributed by atoms with E-state index < -0.39 is 5.60 Å². The highest BCUT2D eigenvalue weighted by molar-refractivity contribution is 6.02. The van der Waals surface area contributed by atoms with Gasteiger partial charge in [-0.2, -0.15) is 0 Å². The Kier molecular flexibility index (Phi) is 4.50. The fourth-order valence-corrected chi connectivity index (χ4v) is 2.46. The molecule has 0 bridgehead atoms. The van der Waals surface area contributed by atoms with Crippen molar-refractivity contribution in [2.24, 2.45) is 11.1 Å². The highest BCUT2D eigenvalue weighted by atomic mass is 16.6. The van der Waals surface area contributed by atoms with Crippen molar-refractivity contribution in [1.29, 1.82) is 0 Å². The predicted molar refractivity (Wildman–Crippen MR) is 80.7 cm³/mol. The van der Waals surface area contributed by atoms with Gasteiger partial charge in [-0.05, 0) is 32.8 Å². The molecule has 5 heteroatoms. The van der Waals surface area contributed by atoms with E-state index in [1.807, 2.05) is 51.1 Å². The second-order valence-electron chi connectivity index (χ2n) is 6.26. The second kappa shape index (κ2) is 6.16. The number of likely N-dealkylation sites (tertiary alicyclic amines) is 1. The summed E-state index contributed by atoms with van der Waals surface area (Å²) in [5.74, 6) is 0.0323. The van der Waals surface area contributed by atoms with Gasteiger partial charge in [-0.3, -0.25) is 0 Å². The molecule has 1 aliphatic heterocycles. The number of hydrogen-bond donors (Lipinski definition) is 1. The van der Waals surface area contributed by atoms with Gasteiger partial charge >= 0.3 is 6.09 Å².